The molecule has 0 unspecified atom stereocenters. The zero-order chi connectivity index (χ0) is 8.81. The lowest BCUT2D eigenvalue weighted by molar-refractivity contribution is 0.960. The Balaban J connectivity index is 2.68. The molecule has 65 valence electrons. The van der Waals surface area contributed by atoms with Crippen LogP contribution in [0.2, 0.25) is 0 Å². The van der Waals surface area contributed by atoms with Crippen LogP contribution in [-0.4, -0.2) is 18.6 Å². The zero-order valence-corrected chi connectivity index (χ0v) is 7.54. The van der Waals surface area contributed by atoms with Crippen LogP contribution in [-0.2, 0) is 0 Å². The van der Waals surface area contributed by atoms with Crippen molar-refractivity contribution < 1.29 is 0 Å². The van der Waals surface area contributed by atoms with Crippen molar-refractivity contribution >= 4 is 11.5 Å². The fraction of sp³-hybridized carbons (Fsp3) is 0.444. The number of hydrogen-bond acceptors (Lipinski definition) is 2. The Morgan fingerprint density at radius 3 is 3.08 bits per heavy atom. The predicted molar refractivity (Wildman–Crippen MR) is 50.7 cm³/mol. The molecule has 1 rings (SSSR count). The van der Waals surface area contributed by atoms with Crippen LogP contribution in [0.5, 0.6) is 0 Å². The molecular formula is C9H14N3. The molecule has 1 radical (unpaired) electrons. The molecule has 1 heterocycles. The molecular weight excluding hydrogens is 150 g/mol. The highest BCUT2D eigenvalue weighted by atomic mass is 15.0. The highest BCUT2D eigenvalue weighted by Gasteiger charge is 1.98. The summed E-state index contributed by atoms with van der Waals surface area (Å²) in [4.78, 5) is 4.18. The van der Waals surface area contributed by atoms with Crippen molar-refractivity contribution in [1.82, 2.24) is 10.3 Å². The van der Waals surface area contributed by atoms with Crippen molar-refractivity contribution in [1.29, 1.82) is 0 Å². The van der Waals surface area contributed by atoms with Crippen LogP contribution in [0, 0.1) is 0 Å². The van der Waals surface area contributed by atoms with Crippen molar-refractivity contribution in [3.8, 4) is 0 Å². The average molecular weight is 164 g/mol. The van der Waals surface area contributed by atoms with E-state index in [1.54, 1.807) is 13.2 Å². The van der Waals surface area contributed by atoms with E-state index in [4.69, 9.17) is 0 Å². The van der Waals surface area contributed by atoms with Crippen LogP contribution in [0.15, 0.2) is 18.3 Å². The van der Waals surface area contributed by atoms with Gasteiger partial charge in [-0.3, -0.25) is 5.32 Å². The second-order valence-electron chi connectivity index (χ2n) is 2.52. The maximum Gasteiger partial charge on any atom is 0.151 e. The molecule has 1 N–H and O–H groups in total. The first-order chi connectivity index (χ1) is 5.88. The smallest absolute Gasteiger partial charge is 0.151 e. The molecule has 0 bridgehead atoms. The minimum atomic E-state index is 0.877. The quantitative estimate of drug-likeness (QED) is 0.736. The van der Waals surface area contributed by atoms with Crippen LogP contribution >= 0.6 is 0 Å². The molecule has 3 nitrogen and oxygen atoms in total. The van der Waals surface area contributed by atoms with Gasteiger partial charge in [-0.15, -0.1) is 0 Å². The largest absolute Gasteiger partial charge is 0.368 e. The minimum absolute atomic E-state index is 0.877. The fourth-order valence-electron chi connectivity index (χ4n) is 0.957. The first kappa shape index (κ1) is 8.84. The normalized spacial score (nSPS) is 9.50. The molecule has 1 aromatic rings. The molecule has 0 saturated carbocycles. The molecule has 1 aromatic heterocycles. The number of pyridine rings is 1. The molecule has 3 heteroatoms. The number of aromatic nitrogens is 1. The second-order valence-corrected chi connectivity index (χ2v) is 2.52. The van der Waals surface area contributed by atoms with Gasteiger partial charge in [0.05, 0.1) is 5.69 Å². The molecule has 0 atom stereocenters. The van der Waals surface area contributed by atoms with E-state index >= 15 is 0 Å². The van der Waals surface area contributed by atoms with E-state index in [1.165, 1.54) is 0 Å². The summed E-state index contributed by atoms with van der Waals surface area (Å²) in [6.07, 6.45) is 2.87. The molecule has 0 aromatic carbocycles. The van der Waals surface area contributed by atoms with E-state index in [0.29, 0.717) is 0 Å². The molecule has 12 heavy (non-hydrogen) atoms. The third-order valence-corrected chi connectivity index (χ3v) is 1.57. The Kier molecular flexibility index (Phi) is 3.38. The van der Waals surface area contributed by atoms with E-state index in [1.807, 2.05) is 12.1 Å². The van der Waals surface area contributed by atoms with Gasteiger partial charge in [-0.2, -0.15) is 0 Å². The fourth-order valence-corrected chi connectivity index (χ4v) is 0.957. The van der Waals surface area contributed by atoms with E-state index in [2.05, 4.69) is 22.5 Å². The van der Waals surface area contributed by atoms with Gasteiger partial charge in [-0.1, -0.05) is 6.92 Å². The molecule has 0 aliphatic heterocycles. The van der Waals surface area contributed by atoms with Gasteiger partial charge in [-0.05, 0) is 18.6 Å². The minimum Gasteiger partial charge on any atom is -0.368 e. The van der Waals surface area contributed by atoms with E-state index in [0.717, 1.165) is 24.5 Å². The Labute approximate surface area is 73.2 Å². The summed E-state index contributed by atoms with van der Waals surface area (Å²) < 4.78 is 0. The average Bonchev–Trinajstić information content (AvgIpc) is 2.15. The second kappa shape index (κ2) is 4.59. The lowest BCUT2D eigenvalue weighted by Gasteiger charge is -2.06. The van der Waals surface area contributed by atoms with Crippen LogP contribution in [0.25, 0.3) is 0 Å². The Bertz CT molecular complexity index is 235. The maximum atomic E-state index is 4.18. The van der Waals surface area contributed by atoms with E-state index in [-0.39, 0.29) is 0 Å². The van der Waals surface area contributed by atoms with Gasteiger partial charge >= 0.3 is 0 Å². The topological polar surface area (TPSA) is 39.0 Å². The van der Waals surface area contributed by atoms with Gasteiger partial charge in [0, 0.05) is 19.8 Å². The molecule has 0 aliphatic carbocycles. The van der Waals surface area contributed by atoms with Gasteiger partial charge in [0.15, 0.2) is 5.82 Å². The number of hydrogen-bond donors (Lipinski definition) is 1. The molecule has 0 fully saturated rings. The summed E-state index contributed by atoms with van der Waals surface area (Å²) in [7, 11) is 1.77. The lowest BCUT2D eigenvalue weighted by atomic mass is 10.3. The van der Waals surface area contributed by atoms with Crippen molar-refractivity contribution in [2.45, 2.75) is 13.3 Å². The number of nitrogens with zero attached hydrogens (tertiary/aromatic N) is 2. The summed E-state index contributed by atoms with van der Waals surface area (Å²) in [6, 6.07) is 3.84. The highest BCUT2D eigenvalue weighted by molar-refractivity contribution is 5.58. The summed E-state index contributed by atoms with van der Waals surface area (Å²) in [5.41, 5.74) is 0.922. The van der Waals surface area contributed by atoms with E-state index in [9.17, 15) is 0 Å². The van der Waals surface area contributed by atoms with E-state index < -0.39 is 0 Å². The molecule has 0 aliphatic rings. The van der Waals surface area contributed by atoms with Crippen LogP contribution in [0.4, 0.5) is 11.5 Å². The summed E-state index contributed by atoms with van der Waals surface area (Å²) in [5, 5.41) is 7.31. The zero-order valence-electron chi connectivity index (χ0n) is 7.54. The summed E-state index contributed by atoms with van der Waals surface area (Å²) in [6.45, 7) is 3.07. The van der Waals surface area contributed by atoms with Crippen LogP contribution in [0.3, 0.4) is 0 Å². The predicted octanol–water partition coefficient (Wildman–Crippen LogP) is 1.77. The number of anilines is 1. The van der Waals surface area contributed by atoms with Crippen molar-refractivity contribution in [2.75, 3.05) is 18.9 Å². The molecule has 0 amide bonds. The lowest BCUT2D eigenvalue weighted by Crippen LogP contribution is -2.04. The third kappa shape index (κ3) is 2.12. The maximum absolute atomic E-state index is 4.18. The number of rotatable bonds is 4. The number of nitrogens with one attached hydrogen (secondary N) is 1. The van der Waals surface area contributed by atoms with Gasteiger partial charge in [0.25, 0.3) is 0 Å². The monoisotopic (exact) mass is 164 g/mol. The standard InChI is InChI=1S/C9H14N3/c1-3-6-11-9-8(10-2)5-4-7-12-9/h4-5,7H,3,6H2,1-2H3,(H,11,12). The van der Waals surface area contributed by atoms with Crippen molar-refractivity contribution in [2.24, 2.45) is 0 Å². The highest BCUT2D eigenvalue weighted by Crippen LogP contribution is 2.16. The summed E-state index contributed by atoms with van der Waals surface area (Å²) >= 11 is 0. The van der Waals surface area contributed by atoms with Crippen LogP contribution in [0.1, 0.15) is 13.3 Å². The molecule has 0 spiro atoms. The van der Waals surface area contributed by atoms with Gasteiger partial charge < -0.3 is 5.32 Å². The SMILES string of the molecule is CCCNc1ncccc1[N]C. The third-order valence-electron chi connectivity index (χ3n) is 1.57. The summed E-state index contributed by atoms with van der Waals surface area (Å²) in [5.74, 6) is 0.877. The van der Waals surface area contributed by atoms with Crippen LogP contribution < -0.4 is 10.6 Å². The van der Waals surface area contributed by atoms with Crippen molar-refractivity contribution in [3.63, 3.8) is 0 Å². The Morgan fingerprint density at radius 2 is 2.42 bits per heavy atom. The van der Waals surface area contributed by atoms with Gasteiger partial charge in [-0.25, -0.2) is 4.98 Å². The van der Waals surface area contributed by atoms with Crippen molar-refractivity contribution in [3.05, 3.63) is 18.3 Å². The van der Waals surface area contributed by atoms with Gasteiger partial charge in [0.1, 0.15) is 0 Å². The first-order valence-electron chi connectivity index (χ1n) is 4.17. The van der Waals surface area contributed by atoms with Gasteiger partial charge in [0.2, 0.25) is 0 Å². The first-order valence-corrected chi connectivity index (χ1v) is 4.17. The Hall–Kier alpha value is -1.25. The Morgan fingerprint density at radius 1 is 1.58 bits per heavy atom. The molecule has 0 saturated heterocycles.